The number of rotatable bonds is 4. The van der Waals surface area contributed by atoms with Crippen LogP contribution in [0, 0.1) is 25.2 Å². The molecular weight excluding hydrogens is 206 g/mol. The number of aryl methyl sites for hydroxylation is 2. The van der Waals surface area contributed by atoms with Gasteiger partial charge in [0.25, 0.3) is 0 Å². The Hall–Kier alpha value is -2.09. The zero-order chi connectivity index (χ0) is 12.1. The van der Waals surface area contributed by atoms with Crippen LogP contribution in [0.1, 0.15) is 23.2 Å². The van der Waals surface area contributed by atoms with Gasteiger partial charge in [0, 0.05) is 12.2 Å². The average Bonchev–Trinajstić information content (AvgIpc) is 2.16. The van der Waals surface area contributed by atoms with Crippen molar-refractivity contribution in [2.24, 2.45) is 0 Å². The molecule has 0 saturated heterocycles. The average molecular weight is 219 g/mol. The molecule has 2 N–H and O–H groups in total. The molecule has 0 bridgehead atoms. The second-order valence-corrected chi connectivity index (χ2v) is 3.49. The zero-order valence-corrected chi connectivity index (χ0v) is 9.24. The van der Waals surface area contributed by atoms with Crippen molar-refractivity contribution >= 4 is 11.8 Å². The van der Waals surface area contributed by atoms with E-state index in [0.29, 0.717) is 11.4 Å². The maximum atomic E-state index is 10.4. The summed E-state index contributed by atoms with van der Waals surface area (Å²) >= 11 is 0. The molecule has 0 saturated carbocycles. The summed E-state index contributed by atoms with van der Waals surface area (Å²) in [5.74, 6) is -0.420. The van der Waals surface area contributed by atoms with Crippen molar-refractivity contribution in [3.63, 3.8) is 0 Å². The van der Waals surface area contributed by atoms with Gasteiger partial charge < -0.3 is 10.4 Å². The minimum Gasteiger partial charge on any atom is -0.481 e. The Labute approximate surface area is 93.7 Å². The molecule has 0 aliphatic rings. The highest BCUT2D eigenvalue weighted by Crippen LogP contribution is 2.17. The summed E-state index contributed by atoms with van der Waals surface area (Å²) in [7, 11) is 0. The van der Waals surface area contributed by atoms with Crippen LogP contribution >= 0.6 is 0 Å². The Balaban J connectivity index is 2.86. The summed E-state index contributed by atoms with van der Waals surface area (Å²) < 4.78 is 0. The van der Waals surface area contributed by atoms with Crippen molar-refractivity contribution in [2.75, 3.05) is 11.9 Å². The van der Waals surface area contributed by atoms with E-state index >= 15 is 0 Å². The summed E-state index contributed by atoms with van der Waals surface area (Å²) in [6.45, 7) is 3.92. The normalized spacial score (nSPS) is 9.56. The van der Waals surface area contributed by atoms with Gasteiger partial charge in [-0.2, -0.15) is 5.26 Å². The molecule has 16 heavy (non-hydrogen) atoms. The SMILES string of the molecule is Cc1cc(C)c(C#N)c(NCCC(=O)O)n1. The van der Waals surface area contributed by atoms with Crippen LogP contribution in [-0.2, 0) is 4.79 Å². The van der Waals surface area contributed by atoms with Crippen molar-refractivity contribution in [1.82, 2.24) is 4.98 Å². The molecule has 84 valence electrons. The third-order valence-corrected chi connectivity index (χ3v) is 2.09. The molecule has 0 radical (unpaired) electrons. The lowest BCUT2D eigenvalue weighted by Gasteiger charge is -2.09. The number of nitriles is 1. The van der Waals surface area contributed by atoms with Gasteiger partial charge in [-0.15, -0.1) is 0 Å². The predicted octanol–water partition coefficient (Wildman–Crippen LogP) is 1.46. The fraction of sp³-hybridized carbons (Fsp3) is 0.364. The van der Waals surface area contributed by atoms with E-state index in [0.717, 1.165) is 11.3 Å². The van der Waals surface area contributed by atoms with E-state index in [4.69, 9.17) is 10.4 Å². The molecule has 1 rings (SSSR count). The second-order valence-electron chi connectivity index (χ2n) is 3.49. The first-order valence-electron chi connectivity index (χ1n) is 4.88. The Morgan fingerprint density at radius 1 is 1.62 bits per heavy atom. The van der Waals surface area contributed by atoms with Gasteiger partial charge in [0.2, 0.25) is 0 Å². The highest BCUT2D eigenvalue weighted by molar-refractivity contribution is 5.67. The Kier molecular flexibility index (Phi) is 3.84. The van der Waals surface area contributed by atoms with E-state index in [9.17, 15) is 4.79 Å². The number of carbonyl (C=O) groups is 1. The lowest BCUT2D eigenvalue weighted by atomic mass is 10.1. The fourth-order valence-electron chi connectivity index (χ4n) is 1.39. The standard InChI is InChI=1S/C11H13N3O2/c1-7-5-8(2)14-11(9(7)6-12)13-4-3-10(15)16/h5H,3-4H2,1-2H3,(H,13,14)(H,15,16). The highest BCUT2D eigenvalue weighted by atomic mass is 16.4. The number of aliphatic carboxylic acids is 1. The Morgan fingerprint density at radius 2 is 2.31 bits per heavy atom. The van der Waals surface area contributed by atoms with Crippen molar-refractivity contribution in [1.29, 1.82) is 5.26 Å². The monoisotopic (exact) mass is 219 g/mol. The van der Waals surface area contributed by atoms with Gasteiger partial charge >= 0.3 is 5.97 Å². The van der Waals surface area contributed by atoms with Crippen LogP contribution in [0.4, 0.5) is 5.82 Å². The van der Waals surface area contributed by atoms with Gasteiger partial charge in [-0.25, -0.2) is 4.98 Å². The van der Waals surface area contributed by atoms with E-state index < -0.39 is 5.97 Å². The first kappa shape index (κ1) is 12.0. The number of nitrogens with one attached hydrogen (secondary N) is 1. The largest absolute Gasteiger partial charge is 0.481 e. The van der Waals surface area contributed by atoms with Gasteiger partial charge in [-0.1, -0.05) is 0 Å². The molecule has 0 unspecified atom stereocenters. The topological polar surface area (TPSA) is 86.0 Å². The van der Waals surface area contributed by atoms with E-state index in [1.54, 1.807) is 0 Å². The van der Waals surface area contributed by atoms with E-state index in [-0.39, 0.29) is 13.0 Å². The highest BCUT2D eigenvalue weighted by Gasteiger charge is 2.08. The lowest BCUT2D eigenvalue weighted by Crippen LogP contribution is -2.10. The number of anilines is 1. The summed E-state index contributed by atoms with van der Waals surface area (Å²) in [4.78, 5) is 14.5. The molecule has 1 aromatic heterocycles. The van der Waals surface area contributed by atoms with E-state index in [2.05, 4.69) is 16.4 Å². The molecule has 1 heterocycles. The number of nitrogens with zero attached hydrogens (tertiary/aromatic N) is 2. The van der Waals surface area contributed by atoms with Gasteiger partial charge in [-0.05, 0) is 25.5 Å². The molecule has 0 aromatic carbocycles. The quantitative estimate of drug-likeness (QED) is 0.800. The minimum absolute atomic E-state index is 0.000458. The zero-order valence-electron chi connectivity index (χ0n) is 9.24. The summed E-state index contributed by atoms with van der Waals surface area (Å²) in [6, 6.07) is 3.88. The smallest absolute Gasteiger partial charge is 0.305 e. The Bertz CT molecular complexity index is 449. The Morgan fingerprint density at radius 3 is 2.88 bits per heavy atom. The number of carboxylic acids is 1. The van der Waals surface area contributed by atoms with Crippen LogP contribution in [0.2, 0.25) is 0 Å². The molecular formula is C11H13N3O2. The van der Waals surface area contributed by atoms with Crippen LogP contribution < -0.4 is 5.32 Å². The number of carboxylic acid groups (broad SMARTS) is 1. The molecule has 0 aliphatic heterocycles. The molecule has 0 spiro atoms. The van der Waals surface area contributed by atoms with E-state index in [1.807, 2.05) is 19.9 Å². The first-order chi connectivity index (χ1) is 7.54. The molecule has 1 aromatic rings. The van der Waals surface area contributed by atoms with Gasteiger partial charge in [0.1, 0.15) is 11.9 Å². The molecule has 0 aliphatic carbocycles. The summed E-state index contributed by atoms with van der Waals surface area (Å²) in [6.07, 6.45) is -0.000458. The number of hydrogen-bond acceptors (Lipinski definition) is 4. The van der Waals surface area contributed by atoms with Crippen molar-refractivity contribution in [3.05, 3.63) is 22.9 Å². The van der Waals surface area contributed by atoms with E-state index in [1.165, 1.54) is 0 Å². The maximum absolute atomic E-state index is 10.4. The third kappa shape index (κ3) is 2.95. The first-order valence-corrected chi connectivity index (χ1v) is 4.88. The van der Waals surface area contributed by atoms with Crippen LogP contribution in [0.15, 0.2) is 6.07 Å². The molecule has 0 fully saturated rings. The minimum atomic E-state index is -0.879. The van der Waals surface area contributed by atoms with Crippen LogP contribution in [0.3, 0.4) is 0 Å². The third-order valence-electron chi connectivity index (χ3n) is 2.09. The number of aromatic nitrogens is 1. The van der Waals surface area contributed by atoms with Gasteiger partial charge in [0.15, 0.2) is 0 Å². The van der Waals surface area contributed by atoms with Gasteiger partial charge in [-0.3, -0.25) is 4.79 Å². The second kappa shape index (κ2) is 5.12. The van der Waals surface area contributed by atoms with Crippen molar-refractivity contribution < 1.29 is 9.90 Å². The fourth-order valence-corrected chi connectivity index (χ4v) is 1.39. The summed E-state index contributed by atoms with van der Waals surface area (Å²) in [5, 5.41) is 20.3. The van der Waals surface area contributed by atoms with Crippen molar-refractivity contribution in [3.8, 4) is 6.07 Å². The molecule has 0 atom stereocenters. The van der Waals surface area contributed by atoms with Crippen LogP contribution in [-0.4, -0.2) is 22.6 Å². The number of pyridine rings is 1. The van der Waals surface area contributed by atoms with Gasteiger partial charge in [0.05, 0.1) is 12.0 Å². The number of hydrogen-bond donors (Lipinski definition) is 2. The summed E-state index contributed by atoms with van der Waals surface area (Å²) in [5.41, 5.74) is 2.11. The predicted molar refractivity (Wildman–Crippen MR) is 59.2 cm³/mol. The lowest BCUT2D eigenvalue weighted by molar-refractivity contribution is -0.136. The maximum Gasteiger partial charge on any atom is 0.305 e. The molecule has 0 amide bonds. The molecule has 5 nitrogen and oxygen atoms in total. The molecule has 5 heteroatoms. The van der Waals surface area contributed by atoms with Crippen molar-refractivity contribution in [2.45, 2.75) is 20.3 Å². The van der Waals surface area contributed by atoms with Crippen LogP contribution in [0.5, 0.6) is 0 Å². The van der Waals surface area contributed by atoms with Crippen LogP contribution in [0.25, 0.3) is 0 Å².